The standard InChI is InChI=1S/C10H10F2N2/c1-7(2)10(11,12)8-3-4-14-9(5-8)6-13/h3-5,7H,1-2H3. The molecule has 4 heteroatoms. The van der Waals surface area contributed by atoms with Gasteiger partial charge in [0.2, 0.25) is 0 Å². The highest BCUT2D eigenvalue weighted by atomic mass is 19.3. The van der Waals surface area contributed by atoms with Gasteiger partial charge in [0, 0.05) is 17.7 Å². The molecule has 0 spiro atoms. The van der Waals surface area contributed by atoms with E-state index in [-0.39, 0.29) is 11.3 Å². The Morgan fingerprint density at radius 1 is 1.50 bits per heavy atom. The van der Waals surface area contributed by atoms with E-state index < -0.39 is 11.8 Å². The van der Waals surface area contributed by atoms with Crippen LogP contribution in [0.4, 0.5) is 8.78 Å². The minimum Gasteiger partial charge on any atom is -0.246 e. The Morgan fingerprint density at radius 3 is 2.64 bits per heavy atom. The summed E-state index contributed by atoms with van der Waals surface area (Å²) in [6.07, 6.45) is 1.23. The predicted molar refractivity (Wildman–Crippen MR) is 47.7 cm³/mol. The van der Waals surface area contributed by atoms with Gasteiger partial charge in [-0.2, -0.15) is 5.26 Å². The third-order valence-corrected chi connectivity index (χ3v) is 1.98. The molecule has 0 aromatic carbocycles. The molecule has 0 atom stereocenters. The molecule has 0 aliphatic carbocycles. The molecule has 1 rings (SSSR count). The molecule has 0 fully saturated rings. The largest absolute Gasteiger partial charge is 0.275 e. The van der Waals surface area contributed by atoms with Gasteiger partial charge in [0.15, 0.2) is 0 Å². The van der Waals surface area contributed by atoms with Gasteiger partial charge in [-0.3, -0.25) is 0 Å². The number of alkyl halides is 2. The van der Waals surface area contributed by atoms with Gasteiger partial charge < -0.3 is 0 Å². The highest BCUT2D eigenvalue weighted by Crippen LogP contribution is 2.35. The van der Waals surface area contributed by atoms with E-state index in [0.29, 0.717) is 0 Å². The summed E-state index contributed by atoms with van der Waals surface area (Å²) in [5.41, 5.74) is -0.137. The zero-order valence-corrected chi connectivity index (χ0v) is 7.96. The maximum atomic E-state index is 13.5. The molecule has 0 aliphatic rings. The molecule has 0 saturated carbocycles. The van der Waals surface area contributed by atoms with Crippen LogP contribution in [0.25, 0.3) is 0 Å². The van der Waals surface area contributed by atoms with Gasteiger partial charge in [0.1, 0.15) is 11.8 Å². The van der Waals surface area contributed by atoms with Gasteiger partial charge >= 0.3 is 0 Å². The van der Waals surface area contributed by atoms with Gasteiger partial charge in [-0.15, -0.1) is 0 Å². The summed E-state index contributed by atoms with van der Waals surface area (Å²) in [6.45, 7) is 2.87. The molecule has 74 valence electrons. The Kier molecular flexibility index (Phi) is 2.80. The summed E-state index contributed by atoms with van der Waals surface area (Å²) in [5, 5.41) is 8.51. The van der Waals surface area contributed by atoms with E-state index in [0.717, 1.165) is 6.07 Å². The molecule has 0 saturated heterocycles. The second kappa shape index (κ2) is 3.70. The molecule has 1 aromatic rings. The molecule has 0 bridgehead atoms. The van der Waals surface area contributed by atoms with Gasteiger partial charge in [-0.1, -0.05) is 13.8 Å². The summed E-state index contributed by atoms with van der Waals surface area (Å²) < 4.78 is 26.9. The predicted octanol–water partition coefficient (Wildman–Crippen LogP) is 2.70. The number of nitrogens with zero attached hydrogens (tertiary/aromatic N) is 2. The summed E-state index contributed by atoms with van der Waals surface area (Å²) >= 11 is 0. The van der Waals surface area contributed by atoms with Crippen molar-refractivity contribution in [3.8, 4) is 6.07 Å². The number of aromatic nitrogens is 1. The van der Waals surface area contributed by atoms with E-state index >= 15 is 0 Å². The topological polar surface area (TPSA) is 36.7 Å². The van der Waals surface area contributed by atoms with Crippen molar-refractivity contribution >= 4 is 0 Å². The Hall–Kier alpha value is -1.50. The number of pyridine rings is 1. The second-order valence-corrected chi connectivity index (χ2v) is 3.32. The van der Waals surface area contributed by atoms with Crippen LogP contribution in [0.15, 0.2) is 18.3 Å². The van der Waals surface area contributed by atoms with E-state index in [4.69, 9.17) is 5.26 Å². The lowest BCUT2D eigenvalue weighted by Crippen LogP contribution is -2.21. The molecule has 0 unspecified atom stereocenters. The van der Waals surface area contributed by atoms with E-state index in [1.807, 2.05) is 0 Å². The van der Waals surface area contributed by atoms with Crippen LogP contribution in [-0.4, -0.2) is 4.98 Å². The van der Waals surface area contributed by atoms with E-state index in [1.54, 1.807) is 6.07 Å². The van der Waals surface area contributed by atoms with Gasteiger partial charge in [0.05, 0.1) is 0 Å². The first kappa shape index (κ1) is 10.6. The van der Waals surface area contributed by atoms with Crippen molar-refractivity contribution in [2.75, 3.05) is 0 Å². The van der Waals surface area contributed by atoms with E-state index in [2.05, 4.69) is 4.98 Å². The van der Waals surface area contributed by atoms with Crippen molar-refractivity contribution in [2.24, 2.45) is 5.92 Å². The van der Waals surface area contributed by atoms with E-state index in [9.17, 15) is 8.78 Å². The van der Waals surface area contributed by atoms with Crippen LogP contribution in [0.1, 0.15) is 25.1 Å². The molecule has 0 radical (unpaired) electrons. The maximum absolute atomic E-state index is 13.5. The lowest BCUT2D eigenvalue weighted by Gasteiger charge is -2.20. The van der Waals surface area contributed by atoms with Crippen LogP contribution < -0.4 is 0 Å². The minimum absolute atomic E-state index is 0.0165. The molecule has 1 aromatic heterocycles. The van der Waals surface area contributed by atoms with Gasteiger partial charge in [-0.05, 0) is 12.1 Å². The number of nitriles is 1. The molecule has 0 N–H and O–H groups in total. The molecular weight excluding hydrogens is 186 g/mol. The number of halogens is 2. The summed E-state index contributed by atoms with van der Waals surface area (Å²) in [7, 11) is 0. The van der Waals surface area contributed by atoms with Crippen LogP contribution in [0, 0.1) is 17.2 Å². The van der Waals surface area contributed by atoms with Gasteiger partial charge in [-0.25, -0.2) is 13.8 Å². The molecule has 1 heterocycles. The molecule has 0 aliphatic heterocycles. The minimum atomic E-state index is -2.91. The van der Waals surface area contributed by atoms with Crippen molar-refractivity contribution in [2.45, 2.75) is 19.8 Å². The quantitative estimate of drug-likeness (QED) is 0.729. The zero-order chi connectivity index (χ0) is 10.8. The fraction of sp³-hybridized carbons (Fsp3) is 0.400. The van der Waals surface area contributed by atoms with Crippen LogP contribution in [0.5, 0.6) is 0 Å². The fourth-order valence-electron chi connectivity index (χ4n) is 1.03. The second-order valence-electron chi connectivity index (χ2n) is 3.32. The third kappa shape index (κ3) is 1.87. The Balaban J connectivity index is 3.14. The first-order valence-corrected chi connectivity index (χ1v) is 4.23. The van der Waals surface area contributed by atoms with E-state index in [1.165, 1.54) is 26.1 Å². The first-order chi connectivity index (χ1) is 6.48. The Labute approximate surface area is 81.2 Å². The lowest BCUT2D eigenvalue weighted by atomic mass is 9.98. The fourth-order valence-corrected chi connectivity index (χ4v) is 1.03. The van der Waals surface area contributed by atoms with Crippen LogP contribution in [-0.2, 0) is 5.92 Å². The normalized spacial score (nSPS) is 11.4. The average Bonchev–Trinajstić information content (AvgIpc) is 2.17. The maximum Gasteiger partial charge on any atom is 0.275 e. The molecule has 2 nitrogen and oxygen atoms in total. The summed E-state index contributed by atoms with van der Waals surface area (Å²) in [4.78, 5) is 3.64. The van der Waals surface area contributed by atoms with Crippen molar-refractivity contribution in [1.82, 2.24) is 4.98 Å². The Bertz CT molecular complexity index is 367. The van der Waals surface area contributed by atoms with Crippen molar-refractivity contribution < 1.29 is 8.78 Å². The van der Waals surface area contributed by atoms with Crippen molar-refractivity contribution in [3.63, 3.8) is 0 Å². The molecule has 0 amide bonds. The number of hydrogen-bond donors (Lipinski definition) is 0. The highest BCUT2D eigenvalue weighted by molar-refractivity contribution is 5.28. The number of rotatable bonds is 2. The Morgan fingerprint density at radius 2 is 2.14 bits per heavy atom. The van der Waals surface area contributed by atoms with Crippen molar-refractivity contribution in [1.29, 1.82) is 5.26 Å². The highest BCUT2D eigenvalue weighted by Gasteiger charge is 2.35. The lowest BCUT2D eigenvalue weighted by molar-refractivity contribution is -0.0514. The number of hydrogen-bond acceptors (Lipinski definition) is 2. The van der Waals surface area contributed by atoms with Crippen molar-refractivity contribution in [3.05, 3.63) is 29.6 Å². The monoisotopic (exact) mass is 196 g/mol. The molecule has 14 heavy (non-hydrogen) atoms. The van der Waals surface area contributed by atoms with Gasteiger partial charge in [0.25, 0.3) is 5.92 Å². The third-order valence-electron chi connectivity index (χ3n) is 1.98. The average molecular weight is 196 g/mol. The zero-order valence-electron chi connectivity index (χ0n) is 7.96. The summed E-state index contributed by atoms with van der Waals surface area (Å²) in [6, 6.07) is 4.10. The SMILES string of the molecule is CC(C)C(F)(F)c1ccnc(C#N)c1. The summed E-state index contributed by atoms with van der Waals surface area (Å²) in [5.74, 6) is -3.70. The van der Waals surface area contributed by atoms with Crippen LogP contribution in [0.2, 0.25) is 0 Å². The smallest absolute Gasteiger partial charge is 0.246 e. The van der Waals surface area contributed by atoms with Crippen LogP contribution >= 0.6 is 0 Å². The van der Waals surface area contributed by atoms with Crippen LogP contribution in [0.3, 0.4) is 0 Å². The molecular formula is C10H10F2N2. The first-order valence-electron chi connectivity index (χ1n) is 4.23.